The van der Waals surface area contributed by atoms with Crippen LogP contribution < -0.4 is 0 Å². The number of carbonyl (C=O) groups excluding carboxylic acids is 1. The monoisotopic (exact) mass is 139 g/mol. The summed E-state index contributed by atoms with van der Waals surface area (Å²) in [6.45, 7) is 1.52. The third-order valence-electron chi connectivity index (χ3n) is 1.88. The third kappa shape index (κ3) is 0.671. The van der Waals surface area contributed by atoms with Crippen LogP contribution in [0.1, 0.15) is 13.3 Å². The highest BCUT2D eigenvalue weighted by Crippen LogP contribution is 2.28. The molecule has 0 spiro atoms. The van der Waals surface area contributed by atoms with Crippen LogP contribution in [0.25, 0.3) is 0 Å². The van der Waals surface area contributed by atoms with Gasteiger partial charge in [-0.05, 0) is 0 Å². The van der Waals surface area contributed by atoms with Crippen LogP contribution in [0.5, 0.6) is 0 Å². The Kier molecular flexibility index (Phi) is 1.08. The minimum atomic E-state index is -0.00292. The van der Waals surface area contributed by atoms with Crippen LogP contribution in [0.3, 0.4) is 0 Å². The van der Waals surface area contributed by atoms with Crippen molar-refractivity contribution in [3.63, 3.8) is 0 Å². The topological polar surface area (TPSA) is 29.5 Å². The Bertz CT molecular complexity index is 200. The summed E-state index contributed by atoms with van der Waals surface area (Å²) in [4.78, 5) is 16.0. The van der Waals surface area contributed by atoms with Gasteiger partial charge in [0.2, 0.25) is 5.91 Å². The molecular weight excluding hydrogens is 130 g/mol. The zero-order valence-electron chi connectivity index (χ0n) is 5.78. The molecule has 0 saturated carbocycles. The van der Waals surface area contributed by atoms with E-state index in [-0.39, 0.29) is 18.1 Å². The molecule has 1 aliphatic heterocycles. The molecule has 2 aliphatic rings. The summed E-state index contributed by atoms with van der Waals surface area (Å²) in [6, 6.07) is 0.211. The summed E-state index contributed by atoms with van der Waals surface area (Å²) in [5.74, 6) is -0.00292. The molecule has 0 aromatic rings. The lowest BCUT2D eigenvalue weighted by molar-refractivity contribution is -0.180. The molecule has 10 heavy (non-hydrogen) atoms. The Morgan fingerprint density at radius 1 is 1.70 bits per heavy atom. The fourth-order valence-electron chi connectivity index (χ4n) is 1.43. The molecule has 0 unspecified atom stereocenters. The van der Waals surface area contributed by atoms with Gasteiger partial charge in [0, 0.05) is 13.3 Å². The van der Waals surface area contributed by atoms with Crippen LogP contribution in [-0.4, -0.2) is 23.1 Å². The normalized spacial score (nSPS) is 35.5. The van der Waals surface area contributed by atoms with Gasteiger partial charge in [0.15, 0.2) is 0 Å². The number of hydrogen-bond acceptors (Lipinski definition) is 2. The molecule has 1 saturated heterocycles. The minimum Gasteiger partial charge on any atom is -0.273 e. The van der Waals surface area contributed by atoms with Crippen LogP contribution in [0.4, 0.5) is 0 Å². The smallest absolute Gasteiger partial charge is 0.243 e. The van der Waals surface area contributed by atoms with E-state index in [4.69, 9.17) is 4.84 Å². The maximum Gasteiger partial charge on any atom is 0.243 e. The van der Waals surface area contributed by atoms with E-state index in [1.807, 2.05) is 12.2 Å². The van der Waals surface area contributed by atoms with Gasteiger partial charge in [-0.1, -0.05) is 12.2 Å². The van der Waals surface area contributed by atoms with Crippen molar-refractivity contribution in [1.82, 2.24) is 5.06 Å². The van der Waals surface area contributed by atoms with Crippen LogP contribution >= 0.6 is 0 Å². The van der Waals surface area contributed by atoms with Crippen molar-refractivity contribution in [3.05, 3.63) is 12.2 Å². The Morgan fingerprint density at radius 2 is 2.50 bits per heavy atom. The molecule has 0 aromatic heterocycles. The van der Waals surface area contributed by atoms with Gasteiger partial charge in [-0.2, -0.15) is 0 Å². The van der Waals surface area contributed by atoms with E-state index in [2.05, 4.69) is 0 Å². The van der Waals surface area contributed by atoms with Crippen LogP contribution in [0.15, 0.2) is 12.2 Å². The van der Waals surface area contributed by atoms with Crippen molar-refractivity contribution in [2.45, 2.75) is 25.5 Å². The molecule has 1 aliphatic carbocycles. The summed E-state index contributed by atoms with van der Waals surface area (Å²) in [5.41, 5.74) is 0. The zero-order valence-corrected chi connectivity index (χ0v) is 5.78. The van der Waals surface area contributed by atoms with Gasteiger partial charge in [0.1, 0.15) is 6.10 Å². The molecule has 1 amide bonds. The zero-order chi connectivity index (χ0) is 7.14. The lowest BCUT2D eigenvalue weighted by atomic mass is 10.2. The number of hydroxylamine groups is 2. The summed E-state index contributed by atoms with van der Waals surface area (Å²) < 4.78 is 0. The van der Waals surface area contributed by atoms with E-state index in [1.54, 1.807) is 0 Å². The number of carbonyl (C=O) groups is 1. The highest BCUT2D eigenvalue weighted by molar-refractivity contribution is 5.73. The van der Waals surface area contributed by atoms with Gasteiger partial charge in [0.05, 0.1) is 6.04 Å². The standard InChI is InChI=1S/C7H9NO2/c1-5(9)8-6-2-3-7(4-6)10-8/h2-3,6-7H,4H2,1H3/t6-,7+/m0/s1. The van der Waals surface area contributed by atoms with Gasteiger partial charge in [-0.3, -0.25) is 9.63 Å². The molecular formula is C7H9NO2. The van der Waals surface area contributed by atoms with E-state index >= 15 is 0 Å². The lowest BCUT2D eigenvalue weighted by Gasteiger charge is -2.20. The van der Waals surface area contributed by atoms with Crippen LogP contribution in [0.2, 0.25) is 0 Å². The summed E-state index contributed by atoms with van der Waals surface area (Å²) >= 11 is 0. The minimum absolute atomic E-state index is 0.00292. The first-order chi connectivity index (χ1) is 4.77. The molecule has 2 atom stereocenters. The van der Waals surface area contributed by atoms with Crippen molar-refractivity contribution < 1.29 is 9.63 Å². The summed E-state index contributed by atoms with van der Waals surface area (Å²) in [6.07, 6.45) is 5.13. The molecule has 1 heterocycles. The molecule has 0 N–H and O–H groups in total. The van der Waals surface area contributed by atoms with E-state index in [0.29, 0.717) is 0 Å². The predicted octanol–water partition coefficient (Wildman–Crippen LogP) is 0.477. The highest BCUT2D eigenvalue weighted by Gasteiger charge is 2.36. The predicted molar refractivity (Wildman–Crippen MR) is 34.9 cm³/mol. The van der Waals surface area contributed by atoms with Crippen molar-refractivity contribution in [2.75, 3.05) is 0 Å². The molecule has 2 rings (SSSR count). The Hall–Kier alpha value is -0.830. The number of amides is 1. The fraction of sp³-hybridized carbons (Fsp3) is 0.571. The molecule has 0 radical (unpaired) electrons. The first kappa shape index (κ1) is 5.92. The van der Waals surface area contributed by atoms with Gasteiger partial charge < -0.3 is 0 Å². The highest BCUT2D eigenvalue weighted by atomic mass is 16.7. The Morgan fingerprint density at radius 3 is 2.80 bits per heavy atom. The third-order valence-corrected chi connectivity index (χ3v) is 1.88. The molecule has 0 aromatic carbocycles. The number of nitrogens with zero attached hydrogens (tertiary/aromatic N) is 1. The van der Waals surface area contributed by atoms with E-state index in [9.17, 15) is 4.79 Å². The van der Waals surface area contributed by atoms with E-state index in [0.717, 1.165) is 6.42 Å². The van der Waals surface area contributed by atoms with Gasteiger partial charge in [-0.15, -0.1) is 0 Å². The second-order valence-corrected chi connectivity index (χ2v) is 2.68. The quantitative estimate of drug-likeness (QED) is 0.457. The van der Waals surface area contributed by atoms with Gasteiger partial charge in [-0.25, -0.2) is 5.06 Å². The Balaban J connectivity index is 2.16. The van der Waals surface area contributed by atoms with Gasteiger partial charge in [0.25, 0.3) is 0 Å². The summed E-state index contributed by atoms with van der Waals surface area (Å²) in [5, 5.41) is 1.45. The van der Waals surface area contributed by atoms with Crippen molar-refractivity contribution in [2.24, 2.45) is 0 Å². The second-order valence-electron chi connectivity index (χ2n) is 2.68. The maximum atomic E-state index is 10.8. The van der Waals surface area contributed by atoms with E-state index < -0.39 is 0 Å². The van der Waals surface area contributed by atoms with E-state index in [1.165, 1.54) is 12.0 Å². The second kappa shape index (κ2) is 1.83. The largest absolute Gasteiger partial charge is 0.273 e. The van der Waals surface area contributed by atoms with Gasteiger partial charge >= 0.3 is 0 Å². The fourth-order valence-corrected chi connectivity index (χ4v) is 1.43. The number of rotatable bonds is 0. The average Bonchev–Trinajstić information content (AvgIpc) is 2.44. The molecule has 1 fully saturated rings. The number of fused-ring (bicyclic) bond motifs is 2. The number of hydrogen-bond donors (Lipinski definition) is 0. The molecule has 2 bridgehead atoms. The lowest BCUT2D eigenvalue weighted by Crippen LogP contribution is -2.32. The van der Waals surface area contributed by atoms with Crippen LogP contribution in [0, 0.1) is 0 Å². The molecule has 3 heteroatoms. The first-order valence-corrected chi connectivity index (χ1v) is 3.42. The van der Waals surface area contributed by atoms with Crippen molar-refractivity contribution >= 4 is 5.91 Å². The average molecular weight is 139 g/mol. The Labute approximate surface area is 59.2 Å². The molecule has 3 nitrogen and oxygen atoms in total. The van der Waals surface area contributed by atoms with Crippen molar-refractivity contribution in [1.29, 1.82) is 0 Å². The molecule has 54 valence electrons. The van der Waals surface area contributed by atoms with Crippen LogP contribution in [-0.2, 0) is 9.63 Å². The first-order valence-electron chi connectivity index (χ1n) is 3.42. The summed E-state index contributed by atoms with van der Waals surface area (Å²) in [7, 11) is 0. The SMILES string of the molecule is CC(=O)N1O[C@@H]2C=C[C@H]1C2. The van der Waals surface area contributed by atoms with Crippen molar-refractivity contribution in [3.8, 4) is 0 Å². The maximum absolute atomic E-state index is 10.8.